The quantitative estimate of drug-likeness (QED) is 0.567. The number of pyridine rings is 1. The lowest BCUT2D eigenvalue weighted by atomic mass is 10.1. The molecule has 1 aliphatic heterocycles. The monoisotopic (exact) mass is 374 g/mol. The van der Waals surface area contributed by atoms with E-state index in [1.165, 1.54) is 19.0 Å². The van der Waals surface area contributed by atoms with Crippen LogP contribution < -0.4 is 11.1 Å². The van der Waals surface area contributed by atoms with Crippen LogP contribution >= 0.6 is 0 Å². The molecule has 1 amide bonds. The predicted molar refractivity (Wildman–Crippen MR) is 103 cm³/mol. The molecule has 0 atom stereocenters. The first-order valence-electron chi connectivity index (χ1n) is 9.36. The Morgan fingerprint density at radius 3 is 2.96 bits per heavy atom. The number of nitrogens with zero attached hydrogens (tertiary/aromatic N) is 6. The summed E-state index contributed by atoms with van der Waals surface area (Å²) in [7, 11) is 0. The van der Waals surface area contributed by atoms with Crippen LogP contribution in [0.4, 0.5) is 5.95 Å². The second kappa shape index (κ2) is 5.44. The average Bonchev–Trinajstić information content (AvgIpc) is 3.08. The number of hydrogen-bond donors (Lipinski definition) is 2. The highest BCUT2D eigenvalue weighted by Crippen LogP contribution is 2.38. The van der Waals surface area contributed by atoms with Crippen molar-refractivity contribution in [3.8, 4) is 22.6 Å². The summed E-state index contributed by atoms with van der Waals surface area (Å²) in [5, 5.41) is 8.09. The van der Waals surface area contributed by atoms with Gasteiger partial charge in [-0.15, -0.1) is 0 Å². The fourth-order valence-electron chi connectivity index (χ4n) is 3.87. The van der Waals surface area contributed by atoms with Gasteiger partial charge in [0.1, 0.15) is 22.7 Å². The van der Waals surface area contributed by atoms with Crippen LogP contribution in [0.5, 0.6) is 0 Å². The summed E-state index contributed by atoms with van der Waals surface area (Å²) in [4.78, 5) is 20.8. The van der Waals surface area contributed by atoms with Crippen LogP contribution in [0.3, 0.4) is 0 Å². The molecular weight excluding hydrogens is 356 g/mol. The number of hydrogen-bond acceptors (Lipinski definition) is 5. The molecule has 0 aromatic carbocycles. The highest BCUT2D eigenvalue weighted by atomic mass is 16.1. The van der Waals surface area contributed by atoms with E-state index in [4.69, 9.17) is 15.8 Å². The minimum Gasteiger partial charge on any atom is -0.364 e. The third-order valence-corrected chi connectivity index (χ3v) is 5.39. The van der Waals surface area contributed by atoms with Gasteiger partial charge in [-0.1, -0.05) is 0 Å². The predicted octanol–water partition coefficient (Wildman–Crippen LogP) is 1.92. The van der Waals surface area contributed by atoms with E-state index in [9.17, 15) is 4.79 Å². The Kier molecular flexibility index (Phi) is 3.00. The molecule has 140 valence electrons. The summed E-state index contributed by atoms with van der Waals surface area (Å²) in [6.45, 7) is 1.66. The van der Waals surface area contributed by atoms with E-state index in [1.807, 2.05) is 35.3 Å². The standard InChI is InChI=1S/C19H18N8O/c20-18(28)14-9-22-15-4-1-11(10-26(14)15)17-16(23-19-21-6-8-25(17)19)13-5-7-27(24-13)12-2-3-12/h1,4-5,7,9-10,12H,2-3,6,8H2,(H2,20,28)(H,21,23). The van der Waals surface area contributed by atoms with Gasteiger partial charge < -0.3 is 15.6 Å². The van der Waals surface area contributed by atoms with Crippen molar-refractivity contribution in [1.82, 2.24) is 28.7 Å². The van der Waals surface area contributed by atoms with Gasteiger partial charge in [0.05, 0.1) is 17.9 Å². The lowest BCUT2D eigenvalue weighted by Gasteiger charge is -2.08. The van der Waals surface area contributed by atoms with Crippen LogP contribution in [0.25, 0.3) is 28.3 Å². The van der Waals surface area contributed by atoms with Crippen LogP contribution in [0.1, 0.15) is 29.4 Å². The van der Waals surface area contributed by atoms with Crippen LogP contribution in [0.15, 0.2) is 36.8 Å². The average molecular weight is 374 g/mol. The fraction of sp³-hybridized carbons (Fsp3) is 0.263. The first-order chi connectivity index (χ1) is 13.7. The van der Waals surface area contributed by atoms with Gasteiger partial charge in [-0.3, -0.25) is 13.9 Å². The minimum atomic E-state index is -0.506. The van der Waals surface area contributed by atoms with E-state index in [2.05, 4.69) is 14.9 Å². The number of amides is 1. The van der Waals surface area contributed by atoms with Gasteiger partial charge in [0.15, 0.2) is 0 Å². The Bertz CT molecular complexity index is 1240. The Morgan fingerprint density at radius 2 is 2.14 bits per heavy atom. The number of nitrogens with one attached hydrogen (secondary N) is 1. The van der Waals surface area contributed by atoms with Gasteiger partial charge in [0.2, 0.25) is 5.95 Å². The van der Waals surface area contributed by atoms with Crippen LogP contribution in [0, 0.1) is 0 Å². The van der Waals surface area contributed by atoms with Gasteiger partial charge in [0, 0.05) is 31.0 Å². The van der Waals surface area contributed by atoms with E-state index in [-0.39, 0.29) is 0 Å². The van der Waals surface area contributed by atoms with E-state index >= 15 is 0 Å². The van der Waals surface area contributed by atoms with Crippen molar-refractivity contribution in [3.63, 3.8) is 0 Å². The second-order valence-electron chi connectivity index (χ2n) is 7.28. The molecule has 4 aromatic rings. The zero-order valence-corrected chi connectivity index (χ0v) is 15.0. The lowest BCUT2D eigenvalue weighted by molar-refractivity contribution is 0.0995. The van der Waals surface area contributed by atoms with Gasteiger partial charge in [-0.05, 0) is 31.0 Å². The molecule has 1 saturated carbocycles. The number of anilines is 1. The molecule has 0 saturated heterocycles. The van der Waals surface area contributed by atoms with Gasteiger partial charge >= 0.3 is 0 Å². The topological polar surface area (TPSA) is 108 Å². The Balaban J connectivity index is 1.55. The molecule has 5 heterocycles. The lowest BCUT2D eigenvalue weighted by Crippen LogP contribution is -2.13. The van der Waals surface area contributed by atoms with Crippen molar-refractivity contribution in [2.75, 3.05) is 11.9 Å². The van der Waals surface area contributed by atoms with E-state index < -0.39 is 5.91 Å². The minimum absolute atomic E-state index is 0.357. The third kappa shape index (κ3) is 2.19. The largest absolute Gasteiger partial charge is 0.364 e. The first kappa shape index (κ1) is 15.4. The number of fused-ring (bicyclic) bond motifs is 2. The molecule has 0 bridgehead atoms. The van der Waals surface area contributed by atoms with Crippen molar-refractivity contribution in [1.29, 1.82) is 0 Å². The molecular formula is C19H18N8O. The van der Waals surface area contributed by atoms with Crippen LogP contribution in [-0.2, 0) is 6.54 Å². The van der Waals surface area contributed by atoms with Gasteiger partial charge in [-0.25, -0.2) is 9.97 Å². The maximum absolute atomic E-state index is 11.7. The van der Waals surface area contributed by atoms with Crippen molar-refractivity contribution < 1.29 is 4.79 Å². The molecule has 9 nitrogen and oxygen atoms in total. The summed E-state index contributed by atoms with van der Waals surface area (Å²) < 4.78 is 5.92. The Hall–Kier alpha value is -3.62. The number of carbonyl (C=O) groups excluding carboxylic acids is 1. The van der Waals surface area contributed by atoms with Crippen LogP contribution in [-0.4, -0.2) is 41.2 Å². The molecule has 28 heavy (non-hydrogen) atoms. The maximum Gasteiger partial charge on any atom is 0.267 e. The molecule has 9 heteroatoms. The normalized spacial score (nSPS) is 15.7. The van der Waals surface area contributed by atoms with E-state index in [0.29, 0.717) is 17.4 Å². The summed E-state index contributed by atoms with van der Waals surface area (Å²) in [6.07, 6.45) is 7.79. The van der Waals surface area contributed by atoms with Crippen molar-refractivity contribution in [3.05, 3.63) is 42.5 Å². The van der Waals surface area contributed by atoms with E-state index in [1.54, 1.807) is 4.40 Å². The zero-order chi connectivity index (χ0) is 18.8. The molecule has 1 aliphatic carbocycles. The molecule has 1 fully saturated rings. The smallest absolute Gasteiger partial charge is 0.267 e. The molecule has 3 N–H and O–H groups in total. The van der Waals surface area contributed by atoms with Crippen molar-refractivity contribution in [2.24, 2.45) is 5.73 Å². The van der Waals surface area contributed by atoms with Gasteiger partial charge in [-0.2, -0.15) is 5.10 Å². The number of nitrogens with two attached hydrogens (primary N) is 1. The molecule has 0 unspecified atom stereocenters. The second-order valence-corrected chi connectivity index (χ2v) is 7.28. The first-order valence-corrected chi connectivity index (χ1v) is 9.36. The maximum atomic E-state index is 11.7. The molecule has 2 aliphatic rings. The third-order valence-electron chi connectivity index (χ3n) is 5.39. The van der Waals surface area contributed by atoms with Crippen LogP contribution in [0.2, 0.25) is 0 Å². The fourth-order valence-corrected chi connectivity index (χ4v) is 3.87. The number of aromatic nitrogens is 6. The number of imidazole rings is 2. The molecule has 6 rings (SSSR count). The molecule has 0 spiro atoms. The number of carbonyl (C=O) groups is 1. The summed E-state index contributed by atoms with van der Waals surface area (Å²) in [5.41, 5.74) is 10.1. The summed E-state index contributed by atoms with van der Waals surface area (Å²) >= 11 is 0. The summed E-state index contributed by atoms with van der Waals surface area (Å²) in [5.74, 6) is 0.333. The van der Waals surface area contributed by atoms with Gasteiger partial charge in [0.25, 0.3) is 5.91 Å². The molecule has 0 radical (unpaired) electrons. The van der Waals surface area contributed by atoms with E-state index in [0.717, 1.165) is 41.7 Å². The Morgan fingerprint density at radius 1 is 1.25 bits per heavy atom. The summed E-state index contributed by atoms with van der Waals surface area (Å²) in [6, 6.07) is 6.42. The van der Waals surface area contributed by atoms with Crippen molar-refractivity contribution in [2.45, 2.75) is 25.4 Å². The number of rotatable bonds is 4. The number of primary amides is 1. The molecule has 4 aromatic heterocycles. The van der Waals surface area contributed by atoms with Crippen molar-refractivity contribution >= 4 is 17.5 Å². The highest BCUT2D eigenvalue weighted by molar-refractivity contribution is 5.92. The highest BCUT2D eigenvalue weighted by Gasteiger charge is 2.28. The zero-order valence-electron chi connectivity index (χ0n) is 15.0. The SMILES string of the molecule is NC(=O)c1cnc2ccc(-c3c(-c4ccn(C5CC5)n4)nc4n3CCN4)cn12. The Labute approximate surface area is 159 Å².